The first-order valence-electron chi connectivity index (χ1n) is 12.0. The first-order valence-corrected chi connectivity index (χ1v) is 12.8. The largest absolute Gasteiger partial charge is 0.375 e. The average molecular weight is 483 g/mol. The van der Waals surface area contributed by atoms with Gasteiger partial charge in [0.2, 0.25) is 0 Å². The Hall–Kier alpha value is -3.48. The van der Waals surface area contributed by atoms with Crippen molar-refractivity contribution in [3.8, 4) is 0 Å². The summed E-state index contributed by atoms with van der Waals surface area (Å²) in [6.07, 6.45) is 5.47. The molecule has 178 valence electrons. The lowest BCUT2D eigenvalue weighted by Gasteiger charge is -2.34. The number of primary amides is 1. The smallest absolute Gasteiger partial charge is 0.266 e. The van der Waals surface area contributed by atoms with E-state index in [1.54, 1.807) is 11.8 Å². The molecule has 0 unspecified atom stereocenters. The van der Waals surface area contributed by atoms with Gasteiger partial charge in [-0.3, -0.25) is 9.69 Å². The van der Waals surface area contributed by atoms with Crippen LogP contribution in [0.15, 0.2) is 101 Å². The predicted octanol–water partition coefficient (Wildman–Crippen LogP) is 5.29. The zero-order valence-electron chi connectivity index (χ0n) is 19.7. The number of carbonyl (C=O) groups excluding carboxylic acids is 1. The standard InChI is InChI=1S/C29H30N4OS/c30-29(34)27-28(35-24-11-5-2-6-12-24)25-20-23(13-14-26(25)31-27)21-33-18-16-32(17-19-33)15-7-10-22-8-3-1-4-9-22/h1-9,11-15,20,31H,10,16-19,21H2,(H2,30,34)/b15-7+. The molecular weight excluding hydrogens is 452 g/mol. The van der Waals surface area contributed by atoms with Crippen LogP contribution < -0.4 is 5.73 Å². The van der Waals surface area contributed by atoms with Crippen LogP contribution in [0.1, 0.15) is 21.6 Å². The molecule has 0 spiro atoms. The number of aromatic nitrogens is 1. The first kappa shape index (κ1) is 23.3. The van der Waals surface area contributed by atoms with Gasteiger partial charge in [0.15, 0.2) is 0 Å². The minimum absolute atomic E-state index is 0.433. The number of piperazine rings is 1. The SMILES string of the molecule is NC(=O)c1[nH]c2ccc(CN3CCN(/C=C/Cc4ccccc4)CC3)cc2c1Sc1ccccc1. The Morgan fingerprint density at radius 3 is 2.34 bits per heavy atom. The molecule has 0 aliphatic carbocycles. The van der Waals surface area contributed by atoms with Crippen molar-refractivity contribution in [1.29, 1.82) is 0 Å². The quantitative estimate of drug-likeness (QED) is 0.358. The van der Waals surface area contributed by atoms with Crippen molar-refractivity contribution in [2.24, 2.45) is 5.73 Å². The molecule has 2 heterocycles. The Kier molecular flexibility index (Phi) is 7.21. The van der Waals surface area contributed by atoms with Crippen molar-refractivity contribution in [3.63, 3.8) is 0 Å². The van der Waals surface area contributed by atoms with Crippen LogP contribution in [0.4, 0.5) is 0 Å². The van der Waals surface area contributed by atoms with E-state index >= 15 is 0 Å². The molecule has 1 aliphatic heterocycles. The third-order valence-electron chi connectivity index (χ3n) is 6.35. The maximum absolute atomic E-state index is 12.1. The molecule has 6 heteroatoms. The molecule has 1 aliphatic rings. The number of nitrogens with zero attached hydrogens (tertiary/aromatic N) is 2. The summed E-state index contributed by atoms with van der Waals surface area (Å²) in [5.74, 6) is -0.433. The normalized spacial score (nSPS) is 14.7. The fourth-order valence-corrected chi connectivity index (χ4v) is 5.54. The molecular formula is C29H30N4OS. The number of aromatic amines is 1. The summed E-state index contributed by atoms with van der Waals surface area (Å²) in [5.41, 5.74) is 9.70. The van der Waals surface area contributed by atoms with Gasteiger partial charge in [0.05, 0.1) is 4.90 Å². The summed E-state index contributed by atoms with van der Waals surface area (Å²) >= 11 is 1.58. The second-order valence-electron chi connectivity index (χ2n) is 8.88. The Morgan fingerprint density at radius 2 is 1.63 bits per heavy atom. The maximum Gasteiger partial charge on any atom is 0.266 e. The first-order chi connectivity index (χ1) is 17.2. The van der Waals surface area contributed by atoms with Gasteiger partial charge in [0.25, 0.3) is 5.91 Å². The number of H-pyrrole nitrogens is 1. The van der Waals surface area contributed by atoms with Gasteiger partial charge in [-0.1, -0.05) is 72.4 Å². The molecule has 3 N–H and O–H groups in total. The molecule has 0 bridgehead atoms. The van der Waals surface area contributed by atoms with E-state index in [-0.39, 0.29) is 0 Å². The van der Waals surface area contributed by atoms with E-state index in [0.29, 0.717) is 5.69 Å². The number of allylic oxidation sites excluding steroid dienone is 1. The van der Waals surface area contributed by atoms with Crippen LogP contribution in [0.2, 0.25) is 0 Å². The third kappa shape index (κ3) is 5.78. The monoisotopic (exact) mass is 482 g/mol. The molecule has 1 saturated heterocycles. The minimum Gasteiger partial charge on any atom is -0.375 e. The van der Waals surface area contributed by atoms with Gasteiger partial charge in [0.1, 0.15) is 5.69 Å². The second kappa shape index (κ2) is 10.8. The summed E-state index contributed by atoms with van der Waals surface area (Å²) in [6, 6.07) is 27.1. The van der Waals surface area contributed by atoms with Crippen LogP contribution in [-0.2, 0) is 13.0 Å². The van der Waals surface area contributed by atoms with Crippen molar-refractivity contribution in [2.75, 3.05) is 26.2 Å². The molecule has 35 heavy (non-hydrogen) atoms. The summed E-state index contributed by atoms with van der Waals surface area (Å²) in [7, 11) is 0. The van der Waals surface area contributed by atoms with Gasteiger partial charge >= 0.3 is 0 Å². The van der Waals surface area contributed by atoms with E-state index in [9.17, 15) is 4.79 Å². The number of benzene rings is 3. The zero-order valence-corrected chi connectivity index (χ0v) is 20.5. The molecule has 5 rings (SSSR count). The fraction of sp³-hybridized carbons (Fsp3) is 0.207. The van der Waals surface area contributed by atoms with Crippen molar-refractivity contribution in [2.45, 2.75) is 22.8 Å². The molecule has 0 saturated carbocycles. The summed E-state index contributed by atoms with van der Waals surface area (Å²) in [4.78, 5) is 22.2. The number of amides is 1. The Bertz CT molecular complexity index is 1310. The highest BCUT2D eigenvalue weighted by Crippen LogP contribution is 2.37. The summed E-state index contributed by atoms with van der Waals surface area (Å²) < 4.78 is 0. The van der Waals surface area contributed by atoms with Gasteiger partial charge in [-0.15, -0.1) is 0 Å². The van der Waals surface area contributed by atoms with Crippen LogP contribution in [0.5, 0.6) is 0 Å². The lowest BCUT2D eigenvalue weighted by atomic mass is 10.1. The van der Waals surface area contributed by atoms with Gasteiger partial charge in [-0.25, -0.2) is 0 Å². The van der Waals surface area contributed by atoms with Crippen molar-refractivity contribution >= 4 is 28.6 Å². The average Bonchev–Trinajstić information content (AvgIpc) is 3.24. The van der Waals surface area contributed by atoms with Gasteiger partial charge in [0, 0.05) is 48.5 Å². The second-order valence-corrected chi connectivity index (χ2v) is 9.96. The lowest BCUT2D eigenvalue weighted by Crippen LogP contribution is -2.43. The van der Waals surface area contributed by atoms with Gasteiger partial charge in [-0.05, 0) is 48.0 Å². The van der Waals surface area contributed by atoms with Crippen LogP contribution in [0.25, 0.3) is 10.9 Å². The van der Waals surface area contributed by atoms with Crippen molar-refractivity contribution in [3.05, 3.63) is 108 Å². The molecule has 1 amide bonds. The van der Waals surface area contributed by atoms with E-state index in [2.05, 4.69) is 75.6 Å². The van der Waals surface area contributed by atoms with Gasteiger partial charge < -0.3 is 15.6 Å². The topological polar surface area (TPSA) is 65.4 Å². The molecule has 0 radical (unpaired) electrons. The zero-order chi connectivity index (χ0) is 24.0. The highest BCUT2D eigenvalue weighted by atomic mass is 32.2. The highest BCUT2D eigenvalue weighted by Gasteiger charge is 2.19. The number of rotatable bonds is 8. The van der Waals surface area contributed by atoms with Crippen molar-refractivity contribution in [1.82, 2.24) is 14.8 Å². The van der Waals surface area contributed by atoms with E-state index in [1.807, 2.05) is 30.3 Å². The number of carbonyl (C=O) groups is 1. The number of hydrogen-bond acceptors (Lipinski definition) is 4. The van der Waals surface area contributed by atoms with Crippen LogP contribution in [0.3, 0.4) is 0 Å². The molecule has 1 fully saturated rings. The molecule has 1 aromatic heterocycles. The number of hydrogen-bond donors (Lipinski definition) is 2. The van der Waals surface area contributed by atoms with Gasteiger partial charge in [-0.2, -0.15) is 0 Å². The van der Waals surface area contributed by atoms with Crippen LogP contribution >= 0.6 is 11.8 Å². The Labute approximate surface area is 210 Å². The van der Waals surface area contributed by atoms with E-state index in [0.717, 1.165) is 59.8 Å². The predicted molar refractivity (Wildman–Crippen MR) is 144 cm³/mol. The molecule has 0 atom stereocenters. The third-order valence-corrected chi connectivity index (χ3v) is 7.49. The number of fused-ring (bicyclic) bond motifs is 1. The van der Waals surface area contributed by atoms with E-state index < -0.39 is 5.91 Å². The van der Waals surface area contributed by atoms with Crippen LogP contribution in [-0.4, -0.2) is 46.9 Å². The Balaban J connectivity index is 1.24. The van der Waals surface area contributed by atoms with E-state index in [1.165, 1.54) is 11.1 Å². The van der Waals surface area contributed by atoms with Crippen molar-refractivity contribution < 1.29 is 4.79 Å². The maximum atomic E-state index is 12.1. The highest BCUT2D eigenvalue weighted by molar-refractivity contribution is 7.99. The molecule has 4 aromatic rings. The number of nitrogens with one attached hydrogen (secondary N) is 1. The summed E-state index contributed by atoms with van der Waals surface area (Å²) in [5, 5.41) is 1.05. The van der Waals surface area contributed by atoms with E-state index in [4.69, 9.17) is 5.73 Å². The lowest BCUT2D eigenvalue weighted by molar-refractivity contribution is 0.0993. The number of nitrogens with two attached hydrogens (primary N) is 1. The Morgan fingerprint density at radius 1 is 0.914 bits per heavy atom. The fourth-order valence-electron chi connectivity index (χ4n) is 4.48. The molecule has 3 aromatic carbocycles. The van der Waals surface area contributed by atoms with Crippen LogP contribution in [0, 0.1) is 0 Å². The minimum atomic E-state index is -0.433. The molecule has 5 nitrogen and oxygen atoms in total. The summed E-state index contributed by atoms with van der Waals surface area (Å²) in [6.45, 7) is 5.00.